The molecule has 0 fully saturated rings. The summed E-state index contributed by atoms with van der Waals surface area (Å²) in [5.74, 6) is -1.08. The van der Waals surface area contributed by atoms with Gasteiger partial charge in [-0.05, 0) is 12.1 Å². The Morgan fingerprint density at radius 2 is 1.87 bits per heavy atom. The van der Waals surface area contributed by atoms with Gasteiger partial charge < -0.3 is 0 Å². The van der Waals surface area contributed by atoms with Crippen molar-refractivity contribution in [2.45, 2.75) is 25.7 Å². The largest absolute Gasteiger partial charge is 0.451 e. The van der Waals surface area contributed by atoms with Crippen molar-refractivity contribution in [3.05, 3.63) is 57.1 Å². The zero-order valence-electron chi connectivity index (χ0n) is 11.9. The molecule has 2 aromatic rings. The molecule has 23 heavy (non-hydrogen) atoms. The van der Waals surface area contributed by atoms with Gasteiger partial charge in [0.05, 0.1) is 5.69 Å². The SMILES string of the molecule is FC(F)(F)c1ncc2c(n1)CCN(Cc1c(Cl)cccc1Cl)C2. The van der Waals surface area contributed by atoms with E-state index in [0.29, 0.717) is 47.4 Å². The summed E-state index contributed by atoms with van der Waals surface area (Å²) in [7, 11) is 0. The molecule has 122 valence electrons. The second-order valence-corrected chi connectivity index (χ2v) is 6.14. The van der Waals surface area contributed by atoms with Crippen LogP contribution >= 0.6 is 23.2 Å². The van der Waals surface area contributed by atoms with Crippen molar-refractivity contribution in [2.24, 2.45) is 0 Å². The van der Waals surface area contributed by atoms with Crippen LogP contribution in [-0.4, -0.2) is 21.4 Å². The van der Waals surface area contributed by atoms with Gasteiger partial charge in [0.1, 0.15) is 0 Å². The molecule has 0 spiro atoms. The van der Waals surface area contributed by atoms with Crippen LogP contribution in [0.3, 0.4) is 0 Å². The zero-order chi connectivity index (χ0) is 16.6. The van der Waals surface area contributed by atoms with Gasteiger partial charge in [0.25, 0.3) is 0 Å². The van der Waals surface area contributed by atoms with E-state index in [9.17, 15) is 13.2 Å². The third-order valence-electron chi connectivity index (χ3n) is 3.71. The van der Waals surface area contributed by atoms with Crippen LogP contribution in [-0.2, 0) is 25.7 Å². The van der Waals surface area contributed by atoms with Crippen molar-refractivity contribution >= 4 is 23.2 Å². The first-order chi connectivity index (χ1) is 10.8. The van der Waals surface area contributed by atoms with Gasteiger partial charge in [-0.3, -0.25) is 4.90 Å². The first-order valence-electron chi connectivity index (χ1n) is 6.92. The fraction of sp³-hybridized carbons (Fsp3) is 0.333. The van der Waals surface area contributed by atoms with Gasteiger partial charge in [-0.25, -0.2) is 9.97 Å². The quantitative estimate of drug-likeness (QED) is 0.795. The van der Waals surface area contributed by atoms with E-state index in [1.54, 1.807) is 18.2 Å². The van der Waals surface area contributed by atoms with Crippen molar-refractivity contribution < 1.29 is 13.2 Å². The molecule has 0 amide bonds. The predicted molar refractivity (Wildman–Crippen MR) is 81.3 cm³/mol. The van der Waals surface area contributed by atoms with E-state index < -0.39 is 12.0 Å². The third-order valence-corrected chi connectivity index (χ3v) is 4.42. The van der Waals surface area contributed by atoms with Crippen LogP contribution in [0, 0.1) is 0 Å². The first kappa shape index (κ1) is 16.5. The van der Waals surface area contributed by atoms with Crippen molar-refractivity contribution in [1.29, 1.82) is 0 Å². The Hall–Kier alpha value is -1.37. The van der Waals surface area contributed by atoms with Crippen LogP contribution in [0.5, 0.6) is 0 Å². The molecule has 3 rings (SSSR count). The molecule has 0 atom stereocenters. The molecule has 1 aromatic carbocycles. The maximum absolute atomic E-state index is 12.6. The van der Waals surface area contributed by atoms with E-state index in [4.69, 9.17) is 23.2 Å². The standard InChI is InChI=1S/C15H12Cl2F3N3/c16-11-2-1-3-12(17)10(11)8-23-5-4-13-9(7-23)6-21-14(22-13)15(18,19)20/h1-3,6H,4-5,7-8H2. The van der Waals surface area contributed by atoms with E-state index in [1.165, 1.54) is 6.20 Å². The Labute approximate surface area is 141 Å². The van der Waals surface area contributed by atoms with Crippen LogP contribution in [0.4, 0.5) is 13.2 Å². The summed E-state index contributed by atoms with van der Waals surface area (Å²) in [6.45, 7) is 1.58. The number of hydrogen-bond acceptors (Lipinski definition) is 3. The Balaban J connectivity index is 1.79. The fourth-order valence-corrected chi connectivity index (χ4v) is 3.07. The number of benzene rings is 1. The van der Waals surface area contributed by atoms with Crippen molar-refractivity contribution in [3.8, 4) is 0 Å². The number of alkyl halides is 3. The number of rotatable bonds is 2. The smallest absolute Gasteiger partial charge is 0.294 e. The molecule has 3 nitrogen and oxygen atoms in total. The van der Waals surface area contributed by atoms with Gasteiger partial charge in [-0.2, -0.15) is 13.2 Å². The highest BCUT2D eigenvalue weighted by atomic mass is 35.5. The van der Waals surface area contributed by atoms with Crippen molar-refractivity contribution in [1.82, 2.24) is 14.9 Å². The second kappa shape index (κ2) is 6.26. The molecule has 0 bridgehead atoms. The number of nitrogens with zero attached hydrogens (tertiary/aromatic N) is 3. The maximum Gasteiger partial charge on any atom is 0.451 e. The lowest BCUT2D eigenvalue weighted by molar-refractivity contribution is -0.145. The Kier molecular flexibility index (Phi) is 4.49. The molecule has 0 radical (unpaired) electrons. The molecule has 0 saturated heterocycles. The lowest BCUT2D eigenvalue weighted by Gasteiger charge is -2.28. The maximum atomic E-state index is 12.6. The summed E-state index contributed by atoms with van der Waals surface area (Å²) in [5, 5.41) is 1.15. The summed E-state index contributed by atoms with van der Waals surface area (Å²) in [6, 6.07) is 5.30. The van der Waals surface area contributed by atoms with E-state index in [-0.39, 0.29) is 0 Å². The van der Waals surface area contributed by atoms with Crippen LogP contribution in [0.2, 0.25) is 10.0 Å². The number of halogens is 5. The molecule has 0 unspecified atom stereocenters. The number of aromatic nitrogens is 2. The summed E-state index contributed by atoms with van der Waals surface area (Å²) < 4.78 is 37.9. The van der Waals surface area contributed by atoms with Gasteiger partial charge in [-0.1, -0.05) is 29.3 Å². The van der Waals surface area contributed by atoms with E-state index in [1.807, 2.05) is 0 Å². The average molecular weight is 362 g/mol. The average Bonchev–Trinajstić information content (AvgIpc) is 2.49. The van der Waals surface area contributed by atoms with Crippen LogP contribution in [0.15, 0.2) is 24.4 Å². The summed E-state index contributed by atoms with van der Waals surface area (Å²) in [5.41, 5.74) is 1.97. The van der Waals surface area contributed by atoms with Crippen LogP contribution < -0.4 is 0 Å². The summed E-state index contributed by atoms with van der Waals surface area (Å²) >= 11 is 12.3. The monoisotopic (exact) mass is 361 g/mol. The number of hydrogen-bond donors (Lipinski definition) is 0. The van der Waals surface area contributed by atoms with Gasteiger partial charge in [0.2, 0.25) is 5.82 Å². The van der Waals surface area contributed by atoms with E-state index in [0.717, 1.165) is 5.56 Å². The topological polar surface area (TPSA) is 29.0 Å². The molecule has 0 saturated carbocycles. The first-order valence-corrected chi connectivity index (χ1v) is 7.67. The molecule has 1 aliphatic heterocycles. The van der Waals surface area contributed by atoms with Gasteiger partial charge in [0.15, 0.2) is 0 Å². The highest BCUT2D eigenvalue weighted by molar-refractivity contribution is 6.35. The van der Waals surface area contributed by atoms with Gasteiger partial charge in [0, 0.05) is 53.4 Å². The molecular weight excluding hydrogens is 350 g/mol. The highest BCUT2D eigenvalue weighted by Gasteiger charge is 2.35. The van der Waals surface area contributed by atoms with E-state index in [2.05, 4.69) is 14.9 Å². The third kappa shape index (κ3) is 3.59. The molecule has 0 N–H and O–H groups in total. The summed E-state index contributed by atoms with van der Waals surface area (Å²) in [4.78, 5) is 9.13. The molecule has 1 aromatic heterocycles. The molecule has 1 aliphatic rings. The fourth-order valence-electron chi connectivity index (χ4n) is 2.55. The second-order valence-electron chi connectivity index (χ2n) is 5.32. The minimum atomic E-state index is -4.52. The Bertz CT molecular complexity index is 714. The van der Waals surface area contributed by atoms with Crippen molar-refractivity contribution in [3.63, 3.8) is 0 Å². The minimum Gasteiger partial charge on any atom is -0.294 e. The normalized spacial score (nSPS) is 15.5. The van der Waals surface area contributed by atoms with E-state index >= 15 is 0 Å². The molecule has 2 heterocycles. The van der Waals surface area contributed by atoms with Crippen molar-refractivity contribution in [2.75, 3.05) is 6.54 Å². The number of fused-ring (bicyclic) bond motifs is 1. The van der Waals surface area contributed by atoms with Crippen LogP contribution in [0.1, 0.15) is 22.6 Å². The molecular formula is C15H12Cl2F3N3. The Morgan fingerprint density at radius 3 is 2.52 bits per heavy atom. The minimum absolute atomic E-state index is 0.434. The van der Waals surface area contributed by atoms with Gasteiger partial charge >= 0.3 is 6.18 Å². The lowest BCUT2D eigenvalue weighted by Crippen LogP contribution is -2.31. The lowest BCUT2D eigenvalue weighted by atomic mass is 10.1. The Morgan fingerprint density at radius 1 is 1.17 bits per heavy atom. The zero-order valence-corrected chi connectivity index (χ0v) is 13.4. The van der Waals surface area contributed by atoms with Crippen LogP contribution in [0.25, 0.3) is 0 Å². The molecule has 0 aliphatic carbocycles. The molecule has 8 heteroatoms. The van der Waals surface area contributed by atoms with Gasteiger partial charge in [-0.15, -0.1) is 0 Å². The summed E-state index contributed by atoms with van der Waals surface area (Å²) in [6.07, 6.45) is -2.83. The highest BCUT2D eigenvalue weighted by Crippen LogP contribution is 2.30. The predicted octanol–water partition coefficient (Wildman–Crippen LogP) is 4.36.